The van der Waals surface area contributed by atoms with E-state index < -0.39 is 18.1 Å². The second-order valence-electron chi connectivity index (χ2n) is 4.97. The Hall–Kier alpha value is -1.23. The summed E-state index contributed by atoms with van der Waals surface area (Å²) in [6.07, 6.45) is 0.263. The Kier molecular flexibility index (Phi) is 3.48. The molecule has 1 saturated heterocycles. The molecule has 0 aromatic rings. The maximum absolute atomic E-state index is 12.0. The minimum Gasteiger partial charge on any atom is -0.394 e. The Morgan fingerprint density at radius 2 is 1.75 bits per heavy atom. The van der Waals surface area contributed by atoms with Crippen molar-refractivity contribution < 1.29 is 19.5 Å². The number of ketones is 1. The van der Waals surface area contributed by atoms with Crippen LogP contribution < -0.4 is 0 Å². The van der Waals surface area contributed by atoms with Crippen LogP contribution in [-0.4, -0.2) is 40.3 Å². The molecular weight excluding hydrogens is 210 g/mol. The fourth-order valence-electron chi connectivity index (χ4n) is 1.72. The highest BCUT2D eigenvalue weighted by Gasteiger charge is 2.41. The summed E-state index contributed by atoms with van der Waals surface area (Å²) < 4.78 is 0. The number of nitrogens with zero attached hydrogens (tertiary/aromatic N) is 1. The van der Waals surface area contributed by atoms with E-state index in [9.17, 15) is 19.5 Å². The number of aliphatic hydroxyl groups is 1. The van der Waals surface area contributed by atoms with E-state index in [0.717, 1.165) is 4.90 Å². The standard InChI is InChI=1S/C11H17NO4/c1-11(2,3)10(16)7(6-13)12-8(14)4-5-9(12)15/h7,13H,4-6H2,1-3H3. The highest BCUT2D eigenvalue weighted by molar-refractivity contribution is 6.06. The third-order valence-electron chi connectivity index (χ3n) is 2.62. The Labute approximate surface area is 94.4 Å². The molecular formula is C11H17NO4. The first-order valence-electron chi connectivity index (χ1n) is 5.29. The van der Waals surface area contributed by atoms with Crippen LogP contribution in [0.4, 0.5) is 0 Å². The molecule has 0 aliphatic carbocycles. The van der Waals surface area contributed by atoms with Gasteiger partial charge in [-0.2, -0.15) is 0 Å². The van der Waals surface area contributed by atoms with Crippen LogP contribution in [0.3, 0.4) is 0 Å². The molecule has 1 N–H and O–H groups in total. The third kappa shape index (κ3) is 2.29. The first-order valence-corrected chi connectivity index (χ1v) is 5.29. The zero-order valence-electron chi connectivity index (χ0n) is 9.82. The number of hydrogen-bond acceptors (Lipinski definition) is 4. The quantitative estimate of drug-likeness (QED) is 0.694. The van der Waals surface area contributed by atoms with Gasteiger partial charge in [0.05, 0.1) is 6.61 Å². The van der Waals surface area contributed by atoms with Gasteiger partial charge in [0.2, 0.25) is 11.8 Å². The van der Waals surface area contributed by atoms with Gasteiger partial charge in [-0.05, 0) is 0 Å². The van der Waals surface area contributed by atoms with Crippen LogP contribution in [0, 0.1) is 5.41 Å². The number of rotatable bonds is 3. The molecule has 0 bridgehead atoms. The van der Waals surface area contributed by atoms with Gasteiger partial charge >= 0.3 is 0 Å². The summed E-state index contributed by atoms with van der Waals surface area (Å²) in [4.78, 5) is 35.8. The fraction of sp³-hybridized carbons (Fsp3) is 0.727. The van der Waals surface area contributed by atoms with Crippen molar-refractivity contribution in [2.45, 2.75) is 39.7 Å². The summed E-state index contributed by atoms with van der Waals surface area (Å²) >= 11 is 0. The smallest absolute Gasteiger partial charge is 0.230 e. The van der Waals surface area contributed by atoms with E-state index in [1.807, 2.05) is 0 Å². The molecule has 16 heavy (non-hydrogen) atoms. The van der Waals surface area contributed by atoms with Crippen molar-refractivity contribution in [1.29, 1.82) is 0 Å². The van der Waals surface area contributed by atoms with Gasteiger partial charge in [-0.3, -0.25) is 19.3 Å². The molecule has 90 valence electrons. The van der Waals surface area contributed by atoms with Crippen molar-refractivity contribution in [3.8, 4) is 0 Å². The molecule has 0 spiro atoms. The predicted molar refractivity (Wildman–Crippen MR) is 56.4 cm³/mol. The van der Waals surface area contributed by atoms with Gasteiger partial charge in [0.1, 0.15) is 6.04 Å². The Bertz CT molecular complexity index is 313. The molecule has 0 aromatic heterocycles. The molecule has 5 heteroatoms. The van der Waals surface area contributed by atoms with Gasteiger partial charge in [-0.25, -0.2) is 0 Å². The number of amides is 2. The van der Waals surface area contributed by atoms with Crippen molar-refractivity contribution >= 4 is 17.6 Å². The van der Waals surface area contributed by atoms with Crippen LogP contribution in [0.25, 0.3) is 0 Å². The summed E-state index contributed by atoms with van der Waals surface area (Å²) in [7, 11) is 0. The number of aliphatic hydroxyl groups excluding tert-OH is 1. The van der Waals surface area contributed by atoms with Crippen LogP contribution in [0.1, 0.15) is 33.6 Å². The molecule has 1 rings (SSSR count). The minimum absolute atomic E-state index is 0.132. The van der Waals surface area contributed by atoms with Gasteiger partial charge in [0.25, 0.3) is 0 Å². The van der Waals surface area contributed by atoms with Crippen molar-refractivity contribution in [2.75, 3.05) is 6.61 Å². The van der Waals surface area contributed by atoms with Gasteiger partial charge < -0.3 is 5.11 Å². The molecule has 1 aliphatic rings. The lowest BCUT2D eigenvalue weighted by Crippen LogP contribution is -2.50. The number of imide groups is 1. The first kappa shape index (κ1) is 12.8. The number of hydrogen-bond donors (Lipinski definition) is 1. The summed E-state index contributed by atoms with van der Waals surface area (Å²) in [5, 5.41) is 9.19. The molecule has 0 saturated carbocycles. The number of likely N-dealkylation sites (tertiary alicyclic amines) is 1. The number of carbonyl (C=O) groups excluding carboxylic acids is 3. The van der Waals surface area contributed by atoms with Gasteiger partial charge in [-0.1, -0.05) is 20.8 Å². The first-order chi connectivity index (χ1) is 7.29. The molecule has 1 heterocycles. The number of carbonyl (C=O) groups is 3. The Balaban J connectivity index is 2.94. The number of Topliss-reactive ketones (excluding diaryl/α,β-unsaturated/α-hetero) is 1. The van der Waals surface area contributed by atoms with Gasteiger partial charge in [-0.15, -0.1) is 0 Å². The average molecular weight is 227 g/mol. The molecule has 1 atom stereocenters. The van der Waals surface area contributed by atoms with Crippen LogP contribution >= 0.6 is 0 Å². The third-order valence-corrected chi connectivity index (χ3v) is 2.62. The summed E-state index contributed by atoms with van der Waals surface area (Å²) in [5.74, 6) is -1.04. The highest BCUT2D eigenvalue weighted by atomic mass is 16.3. The molecule has 2 amide bonds. The predicted octanol–water partition coefficient (Wildman–Crippen LogP) is 0.111. The molecule has 1 aliphatic heterocycles. The summed E-state index contributed by atoms with van der Waals surface area (Å²) in [6, 6.07) is -1.03. The van der Waals surface area contributed by atoms with E-state index in [0.29, 0.717) is 0 Å². The van der Waals surface area contributed by atoms with E-state index >= 15 is 0 Å². The largest absolute Gasteiger partial charge is 0.394 e. The molecule has 5 nitrogen and oxygen atoms in total. The van der Waals surface area contributed by atoms with Crippen molar-refractivity contribution in [3.63, 3.8) is 0 Å². The van der Waals surface area contributed by atoms with Crippen molar-refractivity contribution in [2.24, 2.45) is 5.41 Å². The second-order valence-corrected chi connectivity index (χ2v) is 4.97. The zero-order valence-corrected chi connectivity index (χ0v) is 9.82. The van der Waals surface area contributed by atoms with Gasteiger partial charge in [0.15, 0.2) is 5.78 Å². The van der Waals surface area contributed by atoms with E-state index in [-0.39, 0.29) is 30.4 Å². The SMILES string of the molecule is CC(C)(C)C(=O)C(CO)N1C(=O)CCC1=O. The van der Waals surface area contributed by atoms with E-state index in [2.05, 4.69) is 0 Å². The maximum atomic E-state index is 12.0. The lowest BCUT2D eigenvalue weighted by atomic mass is 9.86. The van der Waals surface area contributed by atoms with Crippen molar-refractivity contribution in [3.05, 3.63) is 0 Å². The minimum atomic E-state index is -1.03. The lowest BCUT2D eigenvalue weighted by molar-refractivity contribution is -0.150. The van der Waals surface area contributed by atoms with E-state index in [1.165, 1.54) is 0 Å². The van der Waals surface area contributed by atoms with Crippen LogP contribution in [0.5, 0.6) is 0 Å². The zero-order chi connectivity index (χ0) is 12.5. The molecule has 0 radical (unpaired) electrons. The van der Waals surface area contributed by atoms with E-state index in [4.69, 9.17) is 0 Å². The highest BCUT2D eigenvalue weighted by Crippen LogP contribution is 2.23. The van der Waals surface area contributed by atoms with E-state index in [1.54, 1.807) is 20.8 Å². The summed E-state index contributed by atoms with van der Waals surface area (Å²) in [5.41, 5.74) is -0.684. The Morgan fingerprint density at radius 1 is 1.31 bits per heavy atom. The monoisotopic (exact) mass is 227 g/mol. The summed E-state index contributed by atoms with van der Waals surface area (Å²) in [6.45, 7) is 4.59. The normalized spacial score (nSPS) is 19.1. The van der Waals surface area contributed by atoms with Crippen molar-refractivity contribution in [1.82, 2.24) is 4.90 Å². The Morgan fingerprint density at radius 3 is 2.06 bits per heavy atom. The maximum Gasteiger partial charge on any atom is 0.230 e. The topological polar surface area (TPSA) is 74.7 Å². The average Bonchev–Trinajstić information content (AvgIpc) is 2.49. The molecule has 0 aromatic carbocycles. The molecule has 1 fully saturated rings. The van der Waals surface area contributed by atoms with Crippen LogP contribution in [0.15, 0.2) is 0 Å². The van der Waals surface area contributed by atoms with Gasteiger partial charge in [0, 0.05) is 18.3 Å². The van der Waals surface area contributed by atoms with Crippen LogP contribution in [0.2, 0.25) is 0 Å². The van der Waals surface area contributed by atoms with Crippen LogP contribution in [-0.2, 0) is 14.4 Å². The lowest BCUT2D eigenvalue weighted by Gasteiger charge is -2.28. The molecule has 1 unspecified atom stereocenters. The second kappa shape index (κ2) is 4.33. The fourth-order valence-corrected chi connectivity index (χ4v) is 1.72.